The fourth-order valence-corrected chi connectivity index (χ4v) is 1.44. The molecule has 1 aromatic carbocycles. The molecule has 0 aliphatic heterocycles. The van der Waals surface area contributed by atoms with Gasteiger partial charge in [-0.2, -0.15) is 0 Å². The summed E-state index contributed by atoms with van der Waals surface area (Å²) in [5, 5.41) is 19.9. The van der Waals surface area contributed by atoms with Crippen molar-refractivity contribution in [2.75, 3.05) is 0 Å². The van der Waals surface area contributed by atoms with E-state index in [9.17, 15) is 23.5 Å². The number of hydrogen-bond donors (Lipinski definition) is 3. The lowest BCUT2D eigenvalue weighted by Crippen LogP contribution is -2.47. The van der Waals surface area contributed by atoms with Crippen molar-refractivity contribution in [2.45, 2.75) is 26.0 Å². The van der Waals surface area contributed by atoms with E-state index in [0.717, 1.165) is 6.07 Å². The minimum atomic E-state index is -1.57. The first-order valence-electron chi connectivity index (χ1n) is 5.41. The molecule has 1 rings (SSSR count). The number of carbonyl (C=O) groups excluding carboxylic acids is 1. The number of nitrogens with one attached hydrogen (secondary N) is 1. The fourth-order valence-electron chi connectivity index (χ4n) is 1.44. The highest BCUT2D eigenvalue weighted by atomic mass is 19.1. The highest BCUT2D eigenvalue weighted by molar-refractivity contribution is 5.97. The standard InChI is InChI=1S/C12H13F2NO4/c1-5-3-7(9(14)4-8(5)13)11(17)15-10(6(2)16)12(18)19/h3-4,6,10,16H,1-2H3,(H,15,17)(H,18,19)/t6-,10+/m1/s1. The van der Waals surface area contributed by atoms with Crippen LogP contribution in [0.5, 0.6) is 0 Å². The van der Waals surface area contributed by atoms with Gasteiger partial charge in [-0.3, -0.25) is 4.79 Å². The molecule has 0 aromatic heterocycles. The maximum Gasteiger partial charge on any atom is 0.328 e. The van der Waals surface area contributed by atoms with Crippen molar-refractivity contribution in [2.24, 2.45) is 0 Å². The van der Waals surface area contributed by atoms with Gasteiger partial charge in [-0.25, -0.2) is 13.6 Å². The number of aliphatic carboxylic acids is 1. The van der Waals surface area contributed by atoms with Gasteiger partial charge in [0.1, 0.15) is 11.6 Å². The van der Waals surface area contributed by atoms with E-state index in [-0.39, 0.29) is 5.56 Å². The third-order valence-electron chi connectivity index (χ3n) is 2.53. The Morgan fingerprint density at radius 3 is 2.32 bits per heavy atom. The fraction of sp³-hybridized carbons (Fsp3) is 0.333. The second kappa shape index (κ2) is 5.75. The highest BCUT2D eigenvalue weighted by Crippen LogP contribution is 2.14. The number of aryl methyl sites for hydroxylation is 1. The molecule has 2 atom stereocenters. The van der Waals surface area contributed by atoms with Gasteiger partial charge in [0.25, 0.3) is 5.91 Å². The molecule has 5 nitrogen and oxygen atoms in total. The average Bonchev–Trinajstić information content (AvgIpc) is 2.29. The molecule has 0 saturated carbocycles. The van der Waals surface area contributed by atoms with Gasteiger partial charge in [-0.05, 0) is 25.5 Å². The van der Waals surface area contributed by atoms with Crippen LogP contribution in [0.2, 0.25) is 0 Å². The van der Waals surface area contributed by atoms with Gasteiger partial charge in [0, 0.05) is 6.07 Å². The Bertz CT molecular complexity index is 517. The Kier molecular flexibility index (Phi) is 4.55. The Morgan fingerprint density at radius 2 is 1.84 bits per heavy atom. The summed E-state index contributed by atoms with van der Waals surface area (Å²) in [6, 6.07) is -0.0548. The number of rotatable bonds is 4. The van der Waals surface area contributed by atoms with Crippen LogP contribution in [-0.2, 0) is 4.79 Å². The maximum absolute atomic E-state index is 13.4. The Labute approximate surface area is 107 Å². The van der Waals surface area contributed by atoms with E-state index >= 15 is 0 Å². The summed E-state index contributed by atoms with van der Waals surface area (Å²) < 4.78 is 26.5. The van der Waals surface area contributed by atoms with Gasteiger partial charge >= 0.3 is 5.97 Å². The van der Waals surface area contributed by atoms with Gasteiger partial charge in [0.2, 0.25) is 0 Å². The zero-order chi connectivity index (χ0) is 14.7. The van der Waals surface area contributed by atoms with Crippen molar-refractivity contribution >= 4 is 11.9 Å². The van der Waals surface area contributed by atoms with Crippen LogP contribution in [0.25, 0.3) is 0 Å². The summed E-state index contributed by atoms with van der Waals surface area (Å²) in [6.07, 6.45) is -1.36. The number of carboxylic acids is 1. The van der Waals surface area contributed by atoms with Crippen molar-refractivity contribution in [3.8, 4) is 0 Å². The summed E-state index contributed by atoms with van der Waals surface area (Å²) in [6.45, 7) is 2.51. The number of halogens is 2. The molecule has 0 radical (unpaired) electrons. The Hall–Kier alpha value is -2.02. The molecular formula is C12H13F2NO4. The third-order valence-corrected chi connectivity index (χ3v) is 2.53. The molecule has 1 aromatic rings. The smallest absolute Gasteiger partial charge is 0.328 e. The molecule has 0 saturated heterocycles. The average molecular weight is 273 g/mol. The molecule has 0 heterocycles. The lowest BCUT2D eigenvalue weighted by Gasteiger charge is -2.17. The SMILES string of the molecule is Cc1cc(C(=O)N[C@H](C(=O)O)[C@@H](C)O)c(F)cc1F. The Balaban J connectivity index is 3.01. The van der Waals surface area contributed by atoms with Crippen molar-refractivity contribution in [3.63, 3.8) is 0 Å². The lowest BCUT2D eigenvalue weighted by molar-refractivity contribution is -0.141. The van der Waals surface area contributed by atoms with E-state index in [4.69, 9.17) is 5.11 Å². The van der Waals surface area contributed by atoms with Gasteiger partial charge in [-0.1, -0.05) is 0 Å². The molecule has 0 fully saturated rings. The van der Waals surface area contributed by atoms with E-state index < -0.39 is 41.2 Å². The maximum atomic E-state index is 13.4. The van der Waals surface area contributed by atoms with Gasteiger partial charge in [0.15, 0.2) is 6.04 Å². The molecule has 0 aliphatic rings. The molecule has 7 heteroatoms. The minimum Gasteiger partial charge on any atom is -0.480 e. The summed E-state index contributed by atoms with van der Waals surface area (Å²) in [5.41, 5.74) is -0.429. The zero-order valence-corrected chi connectivity index (χ0v) is 10.3. The number of carbonyl (C=O) groups is 2. The van der Waals surface area contributed by atoms with Crippen molar-refractivity contribution in [1.29, 1.82) is 0 Å². The summed E-state index contributed by atoms with van der Waals surface area (Å²) >= 11 is 0. The highest BCUT2D eigenvalue weighted by Gasteiger charge is 2.26. The monoisotopic (exact) mass is 273 g/mol. The predicted octanol–water partition coefficient (Wildman–Crippen LogP) is 0.837. The van der Waals surface area contributed by atoms with Crippen LogP contribution in [0, 0.1) is 18.6 Å². The summed E-state index contributed by atoms with van der Waals surface area (Å²) in [4.78, 5) is 22.5. The van der Waals surface area contributed by atoms with Crippen molar-refractivity contribution in [1.82, 2.24) is 5.32 Å². The molecule has 19 heavy (non-hydrogen) atoms. The summed E-state index contributed by atoms with van der Waals surface area (Å²) in [5.74, 6) is -4.40. The Morgan fingerprint density at radius 1 is 1.26 bits per heavy atom. The largest absolute Gasteiger partial charge is 0.480 e. The second-order valence-electron chi connectivity index (χ2n) is 4.11. The van der Waals surface area contributed by atoms with E-state index in [1.54, 1.807) is 0 Å². The van der Waals surface area contributed by atoms with Crippen molar-refractivity contribution in [3.05, 3.63) is 34.9 Å². The van der Waals surface area contributed by atoms with Crippen LogP contribution >= 0.6 is 0 Å². The quantitative estimate of drug-likeness (QED) is 0.758. The third kappa shape index (κ3) is 3.47. The predicted molar refractivity (Wildman–Crippen MR) is 61.7 cm³/mol. The number of hydrogen-bond acceptors (Lipinski definition) is 3. The number of benzene rings is 1. The first-order valence-corrected chi connectivity index (χ1v) is 5.41. The second-order valence-corrected chi connectivity index (χ2v) is 4.11. The molecule has 0 bridgehead atoms. The summed E-state index contributed by atoms with van der Waals surface area (Å²) in [7, 11) is 0. The first-order chi connectivity index (χ1) is 8.73. The zero-order valence-electron chi connectivity index (χ0n) is 10.3. The van der Waals surface area contributed by atoms with Crippen LogP contribution in [-0.4, -0.2) is 34.2 Å². The first kappa shape index (κ1) is 15.0. The normalized spacial score (nSPS) is 13.7. The number of aliphatic hydroxyl groups excluding tert-OH is 1. The van der Waals surface area contributed by atoms with Gasteiger partial charge < -0.3 is 15.5 Å². The van der Waals surface area contributed by atoms with Crippen LogP contribution < -0.4 is 5.32 Å². The van der Waals surface area contributed by atoms with Gasteiger partial charge in [0.05, 0.1) is 11.7 Å². The molecule has 104 valence electrons. The molecule has 0 aliphatic carbocycles. The van der Waals surface area contributed by atoms with Crippen LogP contribution in [0.15, 0.2) is 12.1 Å². The molecule has 0 unspecified atom stereocenters. The molecular weight excluding hydrogens is 260 g/mol. The molecule has 3 N–H and O–H groups in total. The number of aliphatic hydroxyl groups is 1. The lowest BCUT2D eigenvalue weighted by atomic mass is 10.1. The van der Waals surface area contributed by atoms with Gasteiger partial charge in [-0.15, -0.1) is 0 Å². The van der Waals surface area contributed by atoms with Crippen molar-refractivity contribution < 1.29 is 28.6 Å². The number of carboxylic acid groups (broad SMARTS) is 1. The van der Waals surface area contributed by atoms with E-state index in [1.165, 1.54) is 13.8 Å². The van der Waals surface area contributed by atoms with Crippen LogP contribution in [0.4, 0.5) is 8.78 Å². The van der Waals surface area contributed by atoms with E-state index in [0.29, 0.717) is 6.07 Å². The van der Waals surface area contributed by atoms with Crippen LogP contribution in [0.3, 0.4) is 0 Å². The van der Waals surface area contributed by atoms with E-state index in [2.05, 4.69) is 0 Å². The van der Waals surface area contributed by atoms with Crippen LogP contribution in [0.1, 0.15) is 22.8 Å². The van der Waals surface area contributed by atoms with E-state index in [1.807, 2.05) is 5.32 Å². The number of amides is 1. The topological polar surface area (TPSA) is 86.6 Å². The molecule has 0 spiro atoms. The molecule has 1 amide bonds. The minimum absolute atomic E-state index is 0.0514.